The number of amides is 1. The van der Waals surface area contributed by atoms with Gasteiger partial charge < -0.3 is 10.6 Å². The number of hydrogen-bond donors (Lipinski definition) is 2. The number of carbonyl (C=O) groups excluding carboxylic acids is 1. The third kappa shape index (κ3) is 3.29. The second-order valence-corrected chi connectivity index (χ2v) is 4.24. The molecule has 0 aromatic carbocycles. The molecular weight excluding hydrogens is 176 g/mol. The Bertz CT molecular complexity index is 182. The van der Waals surface area contributed by atoms with E-state index < -0.39 is 0 Å². The highest BCUT2D eigenvalue weighted by atomic mass is 16.1. The van der Waals surface area contributed by atoms with Crippen LogP contribution in [0.3, 0.4) is 0 Å². The SMILES string of the molecule is CCCCCNC(=O)[C@@H]1CNC[C@H]1C. The molecule has 1 aliphatic heterocycles. The van der Waals surface area contributed by atoms with Gasteiger partial charge >= 0.3 is 0 Å². The molecule has 0 saturated carbocycles. The minimum absolute atomic E-state index is 0.191. The van der Waals surface area contributed by atoms with Crippen molar-refractivity contribution in [2.45, 2.75) is 33.1 Å². The summed E-state index contributed by atoms with van der Waals surface area (Å²) < 4.78 is 0. The average molecular weight is 198 g/mol. The van der Waals surface area contributed by atoms with Gasteiger partial charge in [-0.1, -0.05) is 26.7 Å². The molecule has 1 rings (SSSR count). The van der Waals surface area contributed by atoms with E-state index in [2.05, 4.69) is 24.5 Å². The molecule has 0 aromatic rings. The van der Waals surface area contributed by atoms with E-state index in [-0.39, 0.29) is 11.8 Å². The lowest BCUT2D eigenvalue weighted by atomic mass is 9.97. The van der Waals surface area contributed by atoms with Crippen molar-refractivity contribution >= 4 is 5.91 Å². The van der Waals surface area contributed by atoms with Gasteiger partial charge in [0.2, 0.25) is 5.91 Å². The molecule has 0 aromatic heterocycles. The monoisotopic (exact) mass is 198 g/mol. The second kappa shape index (κ2) is 6.02. The summed E-state index contributed by atoms with van der Waals surface area (Å²) in [7, 11) is 0. The quantitative estimate of drug-likeness (QED) is 0.651. The standard InChI is InChI=1S/C11H22N2O/c1-3-4-5-6-13-11(14)10-8-12-7-9(10)2/h9-10,12H,3-8H2,1-2H3,(H,13,14)/t9-,10-/m1/s1. The summed E-state index contributed by atoms with van der Waals surface area (Å²) in [5, 5.41) is 6.25. The largest absolute Gasteiger partial charge is 0.356 e. The fraction of sp³-hybridized carbons (Fsp3) is 0.909. The minimum Gasteiger partial charge on any atom is -0.356 e. The Kier molecular flexibility index (Phi) is 4.94. The van der Waals surface area contributed by atoms with Crippen molar-refractivity contribution in [1.82, 2.24) is 10.6 Å². The van der Waals surface area contributed by atoms with Crippen LogP contribution in [0.25, 0.3) is 0 Å². The van der Waals surface area contributed by atoms with Crippen LogP contribution in [0.5, 0.6) is 0 Å². The lowest BCUT2D eigenvalue weighted by molar-refractivity contribution is -0.125. The Morgan fingerprint density at radius 2 is 2.21 bits per heavy atom. The molecule has 1 heterocycles. The van der Waals surface area contributed by atoms with Crippen molar-refractivity contribution in [2.24, 2.45) is 11.8 Å². The first-order chi connectivity index (χ1) is 6.75. The van der Waals surface area contributed by atoms with E-state index in [9.17, 15) is 4.79 Å². The van der Waals surface area contributed by atoms with Gasteiger partial charge in [0, 0.05) is 13.1 Å². The van der Waals surface area contributed by atoms with Crippen molar-refractivity contribution in [3.63, 3.8) is 0 Å². The highest BCUT2D eigenvalue weighted by Gasteiger charge is 2.28. The maximum absolute atomic E-state index is 11.7. The zero-order valence-corrected chi connectivity index (χ0v) is 9.31. The fourth-order valence-electron chi connectivity index (χ4n) is 1.88. The molecule has 0 spiro atoms. The van der Waals surface area contributed by atoms with Crippen molar-refractivity contribution in [3.05, 3.63) is 0 Å². The van der Waals surface area contributed by atoms with E-state index >= 15 is 0 Å². The molecular formula is C11H22N2O. The summed E-state index contributed by atoms with van der Waals surface area (Å²) >= 11 is 0. The summed E-state index contributed by atoms with van der Waals surface area (Å²) in [6, 6.07) is 0. The molecule has 82 valence electrons. The Morgan fingerprint density at radius 1 is 1.43 bits per heavy atom. The van der Waals surface area contributed by atoms with Crippen molar-refractivity contribution in [3.8, 4) is 0 Å². The maximum atomic E-state index is 11.7. The first kappa shape index (κ1) is 11.5. The predicted molar refractivity (Wildman–Crippen MR) is 58.1 cm³/mol. The Labute approximate surface area is 86.6 Å². The van der Waals surface area contributed by atoms with E-state index in [1.54, 1.807) is 0 Å². The lowest BCUT2D eigenvalue weighted by Crippen LogP contribution is -2.34. The molecule has 0 radical (unpaired) electrons. The molecule has 1 fully saturated rings. The van der Waals surface area contributed by atoms with Crippen LogP contribution in [0.4, 0.5) is 0 Å². The van der Waals surface area contributed by atoms with Crippen LogP contribution >= 0.6 is 0 Å². The molecule has 0 bridgehead atoms. The Balaban J connectivity index is 2.14. The fourth-order valence-corrected chi connectivity index (χ4v) is 1.88. The van der Waals surface area contributed by atoms with E-state index in [1.165, 1.54) is 12.8 Å². The summed E-state index contributed by atoms with van der Waals surface area (Å²) in [6.07, 6.45) is 3.52. The van der Waals surface area contributed by atoms with Gasteiger partial charge in [0.1, 0.15) is 0 Å². The van der Waals surface area contributed by atoms with Crippen LogP contribution in [0.2, 0.25) is 0 Å². The van der Waals surface area contributed by atoms with Gasteiger partial charge in [0.05, 0.1) is 5.92 Å². The molecule has 0 unspecified atom stereocenters. The van der Waals surface area contributed by atoms with Crippen LogP contribution in [0, 0.1) is 11.8 Å². The summed E-state index contributed by atoms with van der Waals surface area (Å²) in [4.78, 5) is 11.7. The number of unbranched alkanes of at least 4 members (excludes halogenated alkanes) is 2. The number of rotatable bonds is 5. The van der Waals surface area contributed by atoms with Gasteiger partial charge in [-0.25, -0.2) is 0 Å². The smallest absolute Gasteiger partial charge is 0.224 e. The zero-order chi connectivity index (χ0) is 10.4. The van der Waals surface area contributed by atoms with Crippen LogP contribution in [0.15, 0.2) is 0 Å². The average Bonchev–Trinajstić information content (AvgIpc) is 2.59. The third-order valence-electron chi connectivity index (χ3n) is 2.93. The summed E-state index contributed by atoms with van der Waals surface area (Å²) in [5.74, 6) is 0.913. The topological polar surface area (TPSA) is 41.1 Å². The van der Waals surface area contributed by atoms with Gasteiger partial charge in [0.25, 0.3) is 0 Å². The normalized spacial score (nSPS) is 26.4. The first-order valence-electron chi connectivity index (χ1n) is 5.74. The highest BCUT2D eigenvalue weighted by molar-refractivity contribution is 5.79. The molecule has 2 N–H and O–H groups in total. The van der Waals surface area contributed by atoms with Gasteiger partial charge in [-0.3, -0.25) is 4.79 Å². The number of carbonyl (C=O) groups is 1. The van der Waals surface area contributed by atoms with E-state index in [0.717, 1.165) is 26.1 Å². The number of hydrogen-bond acceptors (Lipinski definition) is 2. The maximum Gasteiger partial charge on any atom is 0.224 e. The van der Waals surface area contributed by atoms with Crippen LogP contribution in [0.1, 0.15) is 33.1 Å². The van der Waals surface area contributed by atoms with E-state index in [4.69, 9.17) is 0 Å². The van der Waals surface area contributed by atoms with Crippen molar-refractivity contribution < 1.29 is 4.79 Å². The predicted octanol–water partition coefficient (Wildman–Crippen LogP) is 1.15. The van der Waals surface area contributed by atoms with Crippen LogP contribution < -0.4 is 10.6 Å². The molecule has 1 saturated heterocycles. The molecule has 1 aliphatic rings. The van der Waals surface area contributed by atoms with E-state index in [1.807, 2.05) is 0 Å². The van der Waals surface area contributed by atoms with Crippen molar-refractivity contribution in [1.29, 1.82) is 0 Å². The van der Waals surface area contributed by atoms with Gasteiger partial charge in [-0.15, -0.1) is 0 Å². The van der Waals surface area contributed by atoms with Crippen LogP contribution in [-0.4, -0.2) is 25.5 Å². The Morgan fingerprint density at radius 3 is 2.79 bits per heavy atom. The molecule has 3 nitrogen and oxygen atoms in total. The van der Waals surface area contributed by atoms with Gasteiger partial charge in [0.15, 0.2) is 0 Å². The molecule has 3 heteroatoms. The van der Waals surface area contributed by atoms with Gasteiger partial charge in [-0.2, -0.15) is 0 Å². The van der Waals surface area contributed by atoms with Crippen molar-refractivity contribution in [2.75, 3.05) is 19.6 Å². The van der Waals surface area contributed by atoms with E-state index in [0.29, 0.717) is 5.92 Å². The van der Waals surface area contributed by atoms with Crippen LogP contribution in [-0.2, 0) is 4.79 Å². The highest BCUT2D eigenvalue weighted by Crippen LogP contribution is 2.15. The molecule has 2 atom stereocenters. The third-order valence-corrected chi connectivity index (χ3v) is 2.93. The second-order valence-electron chi connectivity index (χ2n) is 4.24. The minimum atomic E-state index is 0.191. The van der Waals surface area contributed by atoms with Gasteiger partial charge in [-0.05, 0) is 18.9 Å². The molecule has 14 heavy (non-hydrogen) atoms. The number of nitrogens with one attached hydrogen (secondary N) is 2. The first-order valence-corrected chi connectivity index (χ1v) is 5.74. The summed E-state index contributed by atoms with van der Waals surface area (Å²) in [5.41, 5.74) is 0. The Hall–Kier alpha value is -0.570. The zero-order valence-electron chi connectivity index (χ0n) is 9.31. The lowest BCUT2D eigenvalue weighted by Gasteiger charge is -2.13. The summed E-state index contributed by atoms with van der Waals surface area (Å²) in [6.45, 7) is 6.98. The molecule has 0 aliphatic carbocycles. The molecule has 1 amide bonds.